The minimum atomic E-state index is 0.474. The highest BCUT2D eigenvalue weighted by atomic mass is 15.2. The summed E-state index contributed by atoms with van der Waals surface area (Å²) in [5.41, 5.74) is 7.79. The van der Waals surface area contributed by atoms with Gasteiger partial charge in [0, 0.05) is 0 Å². The van der Waals surface area contributed by atoms with Gasteiger partial charge in [0.15, 0.2) is 5.65 Å². The van der Waals surface area contributed by atoms with Crippen molar-refractivity contribution >= 4 is 17.0 Å². The van der Waals surface area contributed by atoms with E-state index in [9.17, 15) is 0 Å². The lowest BCUT2D eigenvalue weighted by atomic mass is 10.3. The molecule has 3 rings (SSSR count). The van der Waals surface area contributed by atoms with Crippen LogP contribution in [0, 0.1) is 0 Å². The van der Waals surface area contributed by atoms with Gasteiger partial charge >= 0.3 is 0 Å². The lowest BCUT2D eigenvalue weighted by Crippen LogP contribution is -1.88. The van der Waals surface area contributed by atoms with Gasteiger partial charge in [-0.05, 0) is 0 Å². The van der Waals surface area contributed by atoms with Gasteiger partial charge in [0.1, 0.15) is 23.5 Å². The van der Waals surface area contributed by atoms with E-state index in [1.165, 1.54) is 6.33 Å². The van der Waals surface area contributed by atoms with E-state index in [4.69, 9.17) is 5.73 Å². The zero-order valence-corrected chi connectivity index (χ0v) is 7.60. The minimum absolute atomic E-state index is 0.474. The quantitative estimate of drug-likeness (QED) is 0.525. The molecular formula is C8H7N7. The lowest BCUT2D eigenvalue weighted by molar-refractivity contribution is 1.10. The van der Waals surface area contributed by atoms with E-state index in [1.807, 2.05) is 0 Å². The Kier molecular flexibility index (Phi) is 1.46. The summed E-state index contributed by atoms with van der Waals surface area (Å²) in [6, 6.07) is 0. The second kappa shape index (κ2) is 2.77. The van der Waals surface area contributed by atoms with Gasteiger partial charge < -0.3 is 10.7 Å². The van der Waals surface area contributed by atoms with Crippen LogP contribution in [-0.4, -0.2) is 30.1 Å². The fraction of sp³-hybridized carbons (Fsp3) is 0. The Morgan fingerprint density at radius 2 is 2.20 bits per heavy atom. The zero-order chi connectivity index (χ0) is 10.3. The highest BCUT2D eigenvalue weighted by Gasteiger charge is 2.10. The van der Waals surface area contributed by atoms with Gasteiger partial charge in [-0.1, -0.05) is 0 Å². The van der Waals surface area contributed by atoms with E-state index in [2.05, 4.69) is 30.1 Å². The third kappa shape index (κ3) is 1.13. The fourth-order valence-electron chi connectivity index (χ4n) is 1.37. The van der Waals surface area contributed by atoms with Crippen LogP contribution in [-0.2, 0) is 0 Å². The number of anilines is 1. The number of hydrogen-bond acceptors (Lipinski definition) is 5. The molecule has 0 aliphatic carbocycles. The molecule has 4 N–H and O–H groups in total. The van der Waals surface area contributed by atoms with Gasteiger partial charge in [-0.3, -0.25) is 5.10 Å². The number of nitrogens with two attached hydrogens (primary N) is 1. The Hall–Kier alpha value is -2.44. The molecule has 0 aromatic carbocycles. The van der Waals surface area contributed by atoms with Crippen LogP contribution in [0.5, 0.6) is 0 Å². The summed E-state index contributed by atoms with van der Waals surface area (Å²) in [5, 5.41) is 6.47. The minimum Gasteiger partial charge on any atom is -0.383 e. The summed E-state index contributed by atoms with van der Waals surface area (Å²) in [5.74, 6) is 1.11. The summed E-state index contributed by atoms with van der Waals surface area (Å²) in [7, 11) is 0. The number of aromatic amines is 2. The molecule has 0 aliphatic rings. The van der Waals surface area contributed by atoms with Gasteiger partial charge in [-0.2, -0.15) is 5.10 Å². The summed E-state index contributed by atoms with van der Waals surface area (Å²) < 4.78 is 0. The number of nitrogens with one attached hydrogen (secondary N) is 2. The molecule has 3 aromatic rings. The van der Waals surface area contributed by atoms with Gasteiger partial charge in [-0.15, -0.1) is 0 Å². The smallest absolute Gasteiger partial charge is 0.181 e. The molecule has 3 aromatic heterocycles. The summed E-state index contributed by atoms with van der Waals surface area (Å²) in [6.07, 6.45) is 4.72. The molecule has 0 saturated carbocycles. The number of rotatable bonds is 1. The molecule has 0 atom stereocenters. The van der Waals surface area contributed by atoms with Gasteiger partial charge in [0.25, 0.3) is 0 Å². The van der Waals surface area contributed by atoms with Crippen LogP contribution >= 0.6 is 0 Å². The zero-order valence-electron chi connectivity index (χ0n) is 7.60. The molecule has 7 heteroatoms. The monoisotopic (exact) mass is 201 g/mol. The molecule has 0 radical (unpaired) electrons. The molecule has 0 amide bonds. The van der Waals surface area contributed by atoms with Gasteiger partial charge in [0.05, 0.1) is 18.0 Å². The normalized spacial score (nSPS) is 10.9. The van der Waals surface area contributed by atoms with Gasteiger partial charge in [-0.25, -0.2) is 15.0 Å². The maximum absolute atomic E-state index is 5.68. The molecular weight excluding hydrogens is 194 g/mol. The van der Waals surface area contributed by atoms with Crippen LogP contribution in [0.1, 0.15) is 0 Å². The highest BCUT2D eigenvalue weighted by molar-refractivity contribution is 5.77. The van der Waals surface area contributed by atoms with Gasteiger partial charge in [0.2, 0.25) is 0 Å². The van der Waals surface area contributed by atoms with Crippen molar-refractivity contribution in [3.05, 3.63) is 18.7 Å². The topological polar surface area (TPSA) is 109 Å². The van der Waals surface area contributed by atoms with E-state index < -0.39 is 0 Å². The number of aromatic nitrogens is 6. The lowest BCUT2D eigenvalue weighted by Gasteiger charge is -1.90. The standard InChI is InChI=1S/C8H7N7/c9-6-4(1-12-15-6)7-13-5-2-10-3-11-8(5)14-7/h1-3H,(H3,9,12,15)(H,10,11,13,14). The Labute approximate surface area is 83.8 Å². The van der Waals surface area contributed by atoms with E-state index in [1.54, 1.807) is 12.4 Å². The van der Waals surface area contributed by atoms with Crippen molar-refractivity contribution in [1.82, 2.24) is 30.1 Å². The van der Waals surface area contributed by atoms with Crippen LogP contribution in [0.15, 0.2) is 18.7 Å². The van der Waals surface area contributed by atoms with Crippen LogP contribution in [0.2, 0.25) is 0 Å². The molecule has 15 heavy (non-hydrogen) atoms. The first-order valence-corrected chi connectivity index (χ1v) is 4.29. The summed E-state index contributed by atoms with van der Waals surface area (Å²) in [6.45, 7) is 0. The molecule has 0 spiro atoms. The third-order valence-corrected chi connectivity index (χ3v) is 2.09. The van der Waals surface area contributed by atoms with Crippen LogP contribution < -0.4 is 5.73 Å². The van der Waals surface area contributed by atoms with E-state index in [-0.39, 0.29) is 0 Å². The molecule has 3 heterocycles. The van der Waals surface area contributed by atoms with Crippen molar-refractivity contribution in [1.29, 1.82) is 0 Å². The second-order valence-corrected chi connectivity index (χ2v) is 3.04. The largest absolute Gasteiger partial charge is 0.383 e. The Bertz CT molecular complexity index is 575. The first-order valence-electron chi connectivity index (χ1n) is 4.29. The Balaban J connectivity index is 2.24. The van der Waals surface area contributed by atoms with E-state index >= 15 is 0 Å². The number of imidazole rings is 1. The van der Waals surface area contributed by atoms with Crippen LogP contribution in [0.4, 0.5) is 5.82 Å². The SMILES string of the molecule is Nc1[nH]ncc1-c1nc2ncncc2[nH]1. The number of hydrogen-bond donors (Lipinski definition) is 3. The predicted molar refractivity (Wildman–Crippen MR) is 53.7 cm³/mol. The van der Waals surface area contributed by atoms with Crippen molar-refractivity contribution in [3.63, 3.8) is 0 Å². The summed E-state index contributed by atoms with van der Waals surface area (Å²) >= 11 is 0. The Morgan fingerprint density at radius 3 is 2.93 bits per heavy atom. The van der Waals surface area contributed by atoms with Crippen molar-refractivity contribution in [2.24, 2.45) is 0 Å². The molecule has 0 saturated heterocycles. The molecule has 0 aliphatic heterocycles. The van der Waals surface area contributed by atoms with Crippen molar-refractivity contribution < 1.29 is 0 Å². The van der Waals surface area contributed by atoms with Crippen molar-refractivity contribution in [2.75, 3.05) is 5.73 Å². The van der Waals surface area contributed by atoms with Crippen molar-refractivity contribution in [3.8, 4) is 11.4 Å². The number of nitrogen functional groups attached to an aromatic ring is 1. The first kappa shape index (κ1) is 7.92. The number of nitrogens with zero attached hydrogens (tertiary/aromatic N) is 4. The van der Waals surface area contributed by atoms with Crippen molar-refractivity contribution in [2.45, 2.75) is 0 Å². The molecule has 74 valence electrons. The average Bonchev–Trinajstić information content (AvgIpc) is 2.82. The van der Waals surface area contributed by atoms with Crippen LogP contribution in [0.3, 0.4) is 0 Å². The maximum atomic E-state index is 5.68. The highest BCUT2D eigenvalue weighted by Crippen LogP contribution is 2.21. The van der Waals surface area contributed by atoms with E-state index in [0.717, 1.165) is 11.1 Å². The fourth-order valence-corrected chi connectivity index (χ4v) is 1.37. The average molecular weight is 201 g/mol. The number of H-pyrrole nitrogens is 2. The molecule has 0 unspecified atom stereocenters. The molecule has 0 fully saturated rings. The Morgan fingerprint density at radius 1 is 1.27 bits per heavy atom. The van der Waals surface area contributed by atoms with Crippen LogP contribution in [0.25, 0.3) is 22.6 Å². The summed E-state index contributed by atoms with van der Waals surface area (Å²) in [4.78, 5) is 15.2. The molecule has 0 bridgehead atoms. The number of fused-ring (bicyclic) bond motifs is 1. The molecule has 7 nitrogen and oxygen atoms in total. The van der Waals surface area contributed by atoms with E-state index in [0.29, 0.717) is 17.3 Å². The second-order valence-electron chi connectivity index (χ2n) is 3.04. The first-order chi connectivity index (χ1) is 7.34. The third-order valence-electron chi connectivity index (χ3n) is 2.09. The maximum Gasteiger partial charge on any atom is 0.181 e. The predicted octanol–water partition coefficient (Wildman–Crippen LogP) is 0.325.